The van der Waals surface area contributed by atoms with Gasteiger partial charge in [0.25, 0.3) is 5.91 Å². The maximum Gasteiger partial charge on any atom is 0.253 e. The summed E-state index contributed by atoms with van der Waals surface area (Å²) in [6, 6.07) is 5.63. The van der Waals surface area contributed by atoms with Crippen molar-refractivity contribution in [2.45, 2.75) is 32.7 Å². The second-order valence-electron chi connectivity index (χ2n) is 7.38. The van der Waals surface area contributed by atoms with E-state index in [1.807, 2.05) is 13.8 Å². The zero-order valence-electron chi connectivity index (χ0n) is 14.8. The Morgan fingerprint density at radius 2 is 1.88 bits per heavy atom. The maximum absolute atomic E-state index is 13.1. The minimum Gasteiger partial charge on any atom is -0.381 e. The highest BCUT2D eigenvalue weighted by atomic mass is 19.1. The van der Waals surface area contributed by atoms with Crippen molar-refractivity contribution in [3.05, 3.63) is 35.6 Å². The SMILES string of the molecule is CC(C)NC(=O)[C@@H]1CN(C(=O)c2ccc(F)cc2)CC12CCOCC2. The smallest absolute Gasteiger partial charge is 0.253 e. The molecular formula is C19H25FN2O3. The average molecular weight is 348 g/mol. The molecule has 1 N–H and O–H groups in total. The van der Waals surface area contributed by atoms with E-state index in [4.69, 9.17) is 4.74 Å². The second kappa shape index (κ2) is 7.12. The van der Waals surface area contributed by atoms with Crippen LogP contribution in [0, 0.1) is 17.2 Å². The van der Waals surface area contributed by atoms with Crippen molar-refractivity contribution in [2.24, 2.45) is 11.3 Å². The van der Waals surface area contributed by atoms with Crippen LogP contribution < -0.4 is 5.32 Å². The lowest BCUT2D eigenvalue weighted by Crippen LogP contribution is -2.46. The number of hydrogen-bond donors (Lipinski definition) is 1. The van der Waals surface area contributed by atoms with E-state index < -0.39 is 0 Å². The first-order valence-electron chi connectivity index (χ1n) is 8.84. The molecule has 1 spiro atoms. The van der Waals surface area contributed by atoms with Crippen LogP contribution in [-0.4, -0.2) is 49.1 Å². The molecule has 2 amide bonds. The summed E-state index contributed by atoms with van der Waals surface area (Å²) in [5, 5.41) is 3.00. The molecule has 2 aliphatic rings. The fourth-order valence-electron chi connectivity index (χ4n) is 3.93. The molecule has 136 valence electrons. The van der Waals surface area contributed by atoms with Crippen LogP contribution in [-0.2, 0) is 9.53 Å². The molecule has 0 saturated carbocycles. The number of rotatable bonds is 3. The number of halogens is 1. The normalized spacial score (nSPS) is 22.4. The van der Waals surface area contributed by atoms with E-state index in [9.17, 15) is 14.0 Å². The van der Waals surface area contributed by atoms with Crippen molar-refractivity contribution in [1.29, 1.82) is 0 Å². The molecule has 2 saturated heterocycles. The first kappa shape index (κ1) is 17.9. The lowest BCUT2D eigenvalue weighted by atomic mass is 9.71. The topological polar surface area (TPSA) is 58.6 Å². The minimum absolute atomic E-state index is 0.00584. The van der Waals surface area contributed by atoms with Gasteiger partial charge in [0.05, 0.1) is 5.92 Å². The van der Waals surface area contributed by atoms with Crippen LogP contribution in [0.3, 0.4) is 0 Å². The molecule has 0 bridgehead atoms. The summed E-state index contributed by atoms with van der Waals surface area (Å²) in [4.78, 5) is 27.3. The highest BCUT2D eigenvalue weighted by Gasteiger charge is 2.51. The van der Waals surface area contributed by atoms with Gasteiger partial charge in [-0.05, 0) is 51.0 Å². The predicted molar refractivity (Wildman–Crippen MR) is 91.6 cm³/mol. The quantitative estimate of drug-likeness (QED) is 0.911. The van der Waals surface area contributed by atoms with Gasteiger partial charge in [-0.25, -0.2) is 4.39 Å². The van der Waals surface area contributed by atoms with E-state index in [1.165, 1.54) is 24.3 Å². The van der Waals surface area contributed by atoms with E-state index >= 15 is 0 Å². The molecule has 0 unspecified atom stereocenters. The summed E-state index contributed by atoms with van der Waals surface area (Å²) < 4.78 is 18.6. The molecule has 3 rings (SSSR count). The summed E-state index contributed by atoms with van der Waals surface area (Å²) in [5.74, 6) is -0.742. The molecule has 0 radical (unpaired) electrons. The van der Waals surface area contributed by atoms with Gasteiger partial charge in [0.1, 0.15) is 5.82 Å². The average Bonchev–Trinajstić information content (AvgIpc) is 2.94. The standard InChI is InChI=1S/C19H25FN2O3/c1-13(2)21-17(23)16-11-22(12-19(16)7-9-25-10-8-19)18(24)14-3-5-15(20)6-4-14/h3-6,13,16H,7-12H2,1-2H3,(H,21,23)/t16-/m0/s1. The van der Waals surface area contributed by atoms with Gasteiger partial charge in [0, 0.05) is 43.3 Å². The zero-order chi connectivity index (χ0) is 18.0. The van der Waals surface area contributed by atoms with Crippen LogP contribution in [0.15, 0.2) is 24.3 Å². The summed E-state index contributed by atoms with van der Waals surface area (Å²) in [6.07, 6.45) is 1.55. The highest BCUT2D eigenvalue weighted by Crippen LogP contribution is 2.44. The number of nitrogens with one attached hydrogen (secondary N) is 1. The van der Waals surface area contributed by atoms with Crippen LogP contribution >= 0.6 is 0 Å². The van der Waals surface area contributed by atoms with Crippen molar-refractivity contribution in [3.63, 3.8) is 0 Å². The van der Waals surface area contributed by atoms with Crippen molar-refractivity contribution in [3.8, 4) is 0 Å². The van der Waals surface area contributed by atoms with Crippen LogP contribution in [0.1, 0.15) is 37.0 Å². The van der Waals surface area contributed by atoms with Crippen molar-refractivity contribution < 1.29 is 18.7 Å². The summed E-state index contributed by atoms with van der Waals surface area (Å²) in [7, 11) is 0. The van der Waals surface area contributed by atoms with E-state index in [2.05, 4.69) is 5.32 Å². The minimum atomic E-state index is -0.368. The molecule has 2 heterocycles. The summed E-state index contributed by atoms with van der Waals surface area (Å²) >= 11 is 0. The summed E-state index contributed by atoms with van der Waals surface area (Å²) in [5.41, 5.74) is 0.223. The molecule has 1 aromatic carbocycles. The van der Waals surface area contributed by atoms with E-state index in [1.54, 1.807) is 4.90 Å². The largest absolute Gasteiger partial charge is 0.381 e. The van der Waals surface area contributed by atoms with E-state index in [0.29, 0.717) is 31.9 Å². The lowest BCUT2D eigenvalue weighted by Gasteiger charge is -2.37. The van der Waals surface area contributed by atoms with Gasteiger partial charge in [-0.2, -0.15) is 0 Å². The lowest BCUT2D eigenvalue weighted by molar-refractivity contribution is -0.130. The Kier molecular flexibility index (Phi) is 5.08. The Balaban J connectivity index is 1.82. The molecule has 6 heteroatoms. The van der Waals surface area contributed by atoms with Gasteiger partial charge in [-0.3, -0.25) is 9.59 Å². The molecule has 0 aromatic heterocycles. The molecule has 1 atom stereocenters. The third kappa shape index (κ3) is 3.68. The molecule has 5 nitrogen and oxygen atoms in total. The first-order valence-corrected chi connectivity index (χ1v) is 8.84. The number of ether oxygens (including phenoxy) is 1. The fraction of sp³-hybridized carbons (Fsp3) is 0.579. The molecule has 2 aliphatic heterocycles. The van der Waals surface area contributed by atoms with Crippen LogP contribution in [0.5, 0.6) is 0 Å². The third-order valence-corrected chi connectivity index (χ3v) is 5.26. The van der Waals surface area contributed by atoms with E-state index in [0.717, 1.165) is 12.8 Å². The van der Waals surface area contributed by atoms with Gasteiger partial charge in [0.2, 0.25) is 5.91 Å². The van der Waals surface area contributed by atoms with Crippen molar-refractivity contribution >= 4 is 11.8 Å². The number of nitrogens with zero attached hydrogens (tertiary/aromatic N) is 1. The number of benzene rings is 1. The van der Waals surface area contributed by atoms with Crippen LogP contribution in [0.4, 0.5) is 4.39 Å². The first-order chi connectivity index (χ1) is 11.9. The Morgan fingerprint density at radius 1 is 1.24 bits per heavy atom. The predicted octanol–water partition coefficient (Wildman–Crippen LogP) is 2.22. The van der Waals surface area contributed by atoms with Gasteiger partial charge in [-0.15, -0.1) is 0 Å². The Bertz CT molecular complexity index is 639. The van der Waals surface area contributed by atoms with Crippen molar-refractivity contribution in [1.82, 2.24) is 10.2 Å². The number of carbonyl (C=O) groups excluding carboxylic acids is 2. The third-order valence-electron chi connectivity index (χ3n) is 5.26. The molecule has 25 heavy (non-hydrogen) atoms. The maximum atomic E-state index is 13.1. The monoisotopic (exact) mass is 348 g/mol. The van der Waals surface area contributed by atoms with Crippen LogP contribution in [0.2, 0.25) is 0 Å². The number of carbonyl (C=O) groups is 2. The van der Waals surface area contributed by atoms with Crippen LogP contribution in [0.25, 0.3) is 0 Å². The molecule has 1 aromatic rings. The van der Waals surface area contributed by atoms with E-state index in [-0.39, 0.29) is 35.0 Å². The van der Waals surface area contributed by atoms with Gasteiger partial charge in [-0.1, -0.05) is 0 Å². The van der Waals surface area contributed by atoms with Gasteiger partial charge < -0.3 is 15.0 Å². The second-order valence-corrected chi connectivity index (χ2v) is 7.38. The zero-order valence-corrected chi connectivity index (χ0v) is 14.8. The Morgan fingerprint density at radius 3 is 2.48 bits per heavy atom. The molecular weight excluding hydrogens is 323 g/mol. The number of likely N-dealkylation sites (tertiary alicyclic amines) is 1. The van der Waals surface area contributed by atoms with Gasteiger partial charge >= 0.3 is 0 Å². The molecule has 0 aliphatic carbocycles. The Labute approximate surface area is 147 Å². The van der Waals surface area contributed by atoms with Crippen molar-refractivity contribution in [2.75, 3.05) is 26.3 Å². The fourth-order valence-corrected chi connectivity index (χ4v) is 3.93. The highest BCUT2D eigenvalue weighted by molar-refractivity contribution is 5.95. The molecule has 2 fully saturated rings. The van der Waals surface area contributed by atoms with Gasteiger partial charge in [0.15, 0.2) is 0 Å². The number of amides is 2. The summed E-state index contributed by atoms with van der Waals surface area (Å²) in [6.45, 7) is 6.04. The Hall–Kier alpha value is -1.95. The number of hydrogen-bond acceptors (Lipinski definition) is 3.